The standard InChI is InChI=1S/C26H35N3O2/c1-3-29(4-2)26(31)22(20-14-8-9-15-21(20)25(27)30)16-10-11-17-28-24-18-23(24)19-12-6-5-7-13-19/h5-9,12-15,22-24,28H,3-4,10-11,16-18H2,1-2H3,(H2,27,30)/t22-,23-,24+/m0/s1. The van der Waals surface area contributed by atoms with Gasteiger partial charge in [0.1, 0.15) is 0 Å². The van der Waals surface area contributed by atoms with E-state index < -0.39 is 5.91 Å². The van der Waals surface area contributed by atoms with Crippen molar-refractivity contribution in [1.29, 1.82) is 0 Å². The molecule has 0 heterocycles. The number of nitrogens with zero attached hydrogens (tertiary/aromatic N) is 1. The fraction of sp³-hybridized carbons (Fsp3) is 0.462. The summed E-state index contributed by atoms with van der Waals surface area (Å²) in [7, 11) is 0. The smallest absolute Gasteiger partial charge is 0.249 e. The molecule has 166 valence electrons. The number of likely N-dealkylation sites (N-methyl/N-ethyl adjacent to an activating group) is 1. The van der Waals surface area contributed by atoms with Crippen LogP contribution in [0.1, 0.15) is 72.9 Å². The minimum atomic E-state index is -0.477. The first-order chi connectivity index (χ1) is 15.1. The summed E-state index contributed by atoms with van der Waals surface area (Å²) >= 11 is 0. The van der Waals surface area contributed by atoms with Crippen LogP contribution in [0.25, 0.3) is 0 Å². The van der Waals surface area contributed by atoms with E-state index in [1.807, 2.05) is 30.9 Å². The van der Waals surface area contributed by atoms with Gasteiger partial charge >= 0.3 is 0 Å². The van der Waals surface area contributed by atoms with E-state index in [1.54, 1.807) is 12.1 Å². The van der Waals surface area contributed by atoms with E-state index in [-0.39, 0.29) is 11.8 Å². The van der Waals surface area contributed by atoms with E-state index >= 15 is 0 Å². The summed E-state index contributed by atoms with van der Waals surface area (Å²) in [6.45, 7) is 6.24. The lowest BCUT2D eigenvalue weighted by molar-refractivity contribution is -0.132. The van der Waals surface area contributed by atoms with Crippen LogP contribution in [0.5, 0.6) is 0 Å². The molecule has 1 aliphatic rings. The van der Waals surface area contributed by atoms with Crippen LogP contribution >= 0.6 is 0 Å². The summed E-state index contributed by atoms with van der Waals surface area (Å²) in [6.07, 6.45) is 3.83. The Hall–Kier alpha value is -2.66. The van der Waals surface area contributed by atoms with Gasteiger partial charge in [-0.3, -0.25) is 9.59 Å². The predicted octanol–water partition coefficient (Wildman–Crippen LogP) is 4.05. The summed E-state index contributed by atoms with van der Waals surface area (Å²) < 4.78 is 0. The minimum absolute atomic E-state index is 0.0815. The van der Waals surface area contributed by atoms with Crippen LogP contribution in [0.3, 0.4) is 0 Å². The average Bonchev–Trinajstić information content (AvgIpc) is 3.57. The first kappa shape index (κ1) is 23.0. The monoisotopic (exact) mass is 421 g/mol. The number of unbranched alkanes of at least 4 members (excludes halogenated alkanes) is 1. The third-order valence-corrected chi connectivity index (χ3v) is 6.32. The third kappa shape index (κ3) is 5.95. The number of amides is 2. The quantitative estimate of drug-likeness (QED) is 0.508. The van der Waals surface area contributed by atoms with Gasteiger partial charge in [-0.2, -0.15) is 0 Å². The lowest BCUT2D eigenvalue weighted by Gasteiger charge is -2.26. The van der Waals surface area contributed by atoms with Gasteiger partial charge in [-0.05, 0) is 56.8 Å². The summed E-state index contributed by atoms with van der Waals surface area (Å²) in [5.74, 6) is -0.101. The average molecular weight is 422 g/mol. The van der Waals surface area contributed by atoms with E-state index in [2.05, 4.69) is 35.6 Å². The van der Waals surface area contributed by atoms with E-state index in [0.29, 0.717) is 37.0 Å². The molecule has 2 aromatic carbocycles. The second-order valence-corrected chi connectivity index (χ2v) is 8.32. The molecule has 0 saturated heterocycles. The lowest BCUT2D eigenvalue weighted by Crippen LogP contribution is -2.35. The molecule has 5 heteroatoms. The fourth-order valence-electron chi connectivity index (χ4n) is 4.44. The molecule has 3 N–H and O–H groups in total. The summed E-state index contributed by atoms with van der Waals surface area (Å²) in [6, 6.07) is 18.5. The van der Waals surface area contributed by atoms with Crippen molar-refractivity contribution < 1.29 is 9.59 Å². The van der Waals surface area contributed by atoms with Crippen molar-refractivity contribution in [2.45, 2.75) is 57.4 Å². The molecular formula is C26H35N3O2. The molecule has 2 aromatic rings. The Morgan fingerprint density at radius 2 is 1.71 bits per heavy atom. The fourth-order valence-corrected chi connectivity index (χ4v) is 4.44. The van der Waals surface area contributed by atoms with Crippen molar-refractivity contribution in [2.75, 3.05) is 19.6 Å². The van der Waals surface area contributed by atoms with Gasteiger partial charge in [0.2, 0.25) is 11.8 Å². The van der Waals surface area contributed by atoms with Gasteiger partial charge in [-0.1, -0.05) is 55.0 Å². The largest absolute Gasteiger partial charge is 0.366 e. The van der Waals surface area contributed by atoms with Crippen molar-refractivity contribution in [2.24, 2.45) is 5.73 Å². The Morgan fingerprint density at radius 3 is 2.39 bits per heavy atom. The van der Waals surface area contributed by atoms with Crippen molar-refractivity contribution in [3.8, 4) is 0 Å². The van der Waals surface area contributed by atoms with Crippen LogP contribution < -0.4 is 11.1 Å². The molecule has 0 spiro atoms. The highest BCUT2D eigenvalue weighted by molar-refractivity contribution is 5.97. The zero-order valence-corrected chi connectivity index (χ0v) is 18.7. The number of carbonyl (C=O) groups excluding carboxylic acids is 2. The van der Waals surface area contributed by atoms with Crippen molar-refractivity contribution in [3.63, 3.8) is 0 Å². The number of rotatable bonds is 12. The SMILES string of the molecule is CCN(CC)C(=O)[C@@H](CCCCN[C@@H]1C[C@H]1c1ccccc1)c1ccccc1C(N)=O. The maximum Gasteiger partial charge on any atom is 0.249 e. The molecule has 3 atom stereocenters. The van der Waals surface area contributed by atoms with Crippen molar-refractivity contribution in [1.82, 2.24) is 10.2 Å². The Morgan fingerprint density at radius 1 is 1.03 bits per heavy atom. The summed E-state index contributed by atoms with van der Waals surface area (Å²) in [5.41, 5.74) is 8.22. The normalized spacial score (nSPS) is 18.4. The second kappa shape index (κ2) is 11.1. The van der Waals surface area contributed by atoms with Gasteiger partial charge < -0.3 is 16.0 Å². The van der Waals surface area contributed by atoms with Crippen LogP contribution in [0.4, 0.5) is 0 Å². The van der Waals surface area contributed by atoms with Gasteiger partial charge in [-0.25, -0.2) is 0 Å². The van der Waals surface area contributed by atoms with Crippen LogP contribution in [-0.4, -0.2) is 42.4 Å². The number of nitrogens with two attached hydrogens (primary N) is 1. The predicted molar refractivity (Wildman–Crippen MR) is 125 cm³/mol. The molecule has 1 saturated carbocycles. The molecule has 3 rings (SSSR count). The van der Waals surface area contributed by atoms with Gasteiger partial charge in [0.25, 0.3) is 0 Å². The molecule has 31 heavy (non-hydrogen) atoms. The highest BCUT2D eigenvalue weighted by atomic mass is 16.2. The molecule has 1 fully saturated rings. The second-order valence-electron chi connectivity index (χ2n) is 8.32. The molecule has 0 aliphatic heterocycles. The molecular weight excluding hydrogens is 386 g/mol. The van der Waals surface area contributed by atoms with Gasteiger partial charge in [0.15, 0.2) is 0 Å². The number of primary amides is 1. The molecule has 5 nitrogen and oxygen atoms in total. The van der Waals surface area contributed by atoms with Crippen molar-refractivity contribution in [3.05, 3.63) is 71.3 Å². The molecule has 1 aliphatic carbocycles. The number of nitrogens with one attached hydrogen (secondary N) is 1. The van der Waals surface area contributed by atoms with Crippen LogP contribution in [-0.2, 0) is 4.79 Å². The Bertz CT molecular complexity index is 864. The highest BCUT2D eigenvalue weighted by Crippen LogP contribution is 2.40. The van der Waals surface area contributed by atoms with Crippen LogP contribution in [0, 0.1) is 0 Å². The number of carbonyl (C=O) groups is 2. The Kier molecular flexibility index (Phi) is 8.24. The van der Waals surface area contributed by atoms with Crippen molar-refractivity contribution >= 4 is 11.8 Å². The number of benzene rings is 2. The van der Waals surface area contributed by atoms with Crippen LogP contribution in [0.15, 0.2) is 54.6 Å². The van der Waals surface area contributed by atoms with E-state index in [9.17, 15) is 9.59 Å². The highest BCUT2D eigenvalue weighted by Gasteiger charge is 2.37. The zero-order valence-electron chi connectivity index (χ0n) is 18.7. The molecule has 0 unspecified atom stereocenters. The zero-order chi connectivity index (χ0) is 22.2. The topological polar surface area (TPSA) is 75.4 Å². The van der Waals surface area contributed by atoms with E-state index in [0.717, 1.165) is 24.9 Å². The molecule has 2 amide bonds. The minimum Gasteiger partial charge on any atom is -0.366 e. The maximum atomic E-state index is 13.2. The van der Waals surface area contributed by atoms with Gasteiger partial charge in [0, 0.05) is 30.6 Å². The van der Waals surface area contributed by atoms with E-state index in [4.69, 9.17) is 5.73 Å². The maximum absolute atomic E-state index is 13.2. The third-order valence-electron chi connectivity index (χ3n) is 6.32. The molecule has 0 bridgehead atoms. The number of hydrogen-bond acceptors (Lipinski definition) is 3. The van der Waals surface area contributed by atoms with Crippen LogP contribution in [0.2, 0.25) is 0 Å². The first-order valence-electron chi connectivity index (χ1n) is 11.5. The van der Waals surface area contributed by atoms with Gasteiger partial charge in [0.05, 0.1) is 5.92 Å². The van der Waals surface area contributed by atoms with E-state index in [1.165, 1.54) is 12.0 Å². The summed E-state index contributed by atoms with van der Waals surface area (Å²) in [5, 5.41) is 3.65. The van der Waals surface area contributed by atoms with Gasteiger partial charge in [-0.15, -0.1) is 0 Å². The summed E-state index contributed by atoms with van der Waals surface area (Å²) in [4.78, 5) is 27.0. The molecule has 0 radical (unpaired) electrons. The number of hydrogen-bond donors (Lipinski definition) is 2. The Labute approximate surface area is 186 Å². The Balaban J connectivity index is 1.56. The first-order valence-corrected chi connectivity index (χ1v) is 11.5. The molecule has 0 aromatic heterocycles. The lowest BCUT2D eigenvalue weighted by atomic mass is 9.88.